The lowest BCUT2D eigenvalue weighted by atomic mass is 10.1. The smallest absolute Gasteiger partial charge is 0.178 e. The van der Waals surface area contributed by atoms with E-state index in [0.717, 1.165) is 40.2 Å². The van der Waals surface area contributed by atoms with Crippen LogP contribution >= 0.6 is 23.8 Å². The molecule has 1 aromatic heterocycles. The van der Waals surface area contributed by atoms with E-state index >= 15 is 0 Å². The van der Waals surface area contributed by atoms with E-state index in [1.165, 1.54) is 5.56 Å². The number of halogens is 1. The molecule has 3 aromatic rings. The molecule has 0 aliphatic carbocycles. The van der Waals surface area contributed by atoms with E-state index in [9.17, 15) is 0 Å². The van der Waals surface area contributed by atoms with E-state index in [0.29, 0.717) is 0 Å². The first-order valence-electron chi connectivity index (χ1n) is 6.66. The predicted octanol–water partition coefficient (Wildman–Crippen LogP) is 4.99. The lowest BCUT2D eigenvalue weighted by molar-refractivity contribution is 0.650. The third-order valence-electron chi connectivity index (χ3n) is 3.43. The molecule has 0 amide bonds. The minimum atomic E-state index is 0.727. The summed E-state index contributed by atoms with van der Waals surface area (Å²) < 4.78 is 2.90. The van der Waals surface area contributed by atoms with Gasteiger partial charge in [0.25, 0.3) is 0 Å². The van der Waals surface area contributed by atoms with E-state index < -0.39 is 0 Å². The number of rotatable bonds is 4. The number of nitrogens with one attached hydrogen (secondary N) is 1. The zero-order valence-electron chi connectivity index (χ0n) is 11.0. The Balaban J connectivity index is 1.78. The Bertz CT molecular complexity index is 774. The summed E-state index contributed by atoms with van der Waals surface area (Å²) in [7, 11) is 0. The summed E-state index contributed by atoms with van der Waals surface area (Å²) in [6.45, 7) is 0.912. The molecule has 1 N–H and O–H groups in total. The number of aromatic nitrogens is 2. The number of benzene rings is 2. The number of aryl methyl sites for hydroxylation is 2. The molecule has 0 saturated carbocycles. The highest BCUT2D eigenvalue weighted by molar-refractivity contribution is 7.71. The molecular formula is C16H15ClN2S. The van der Waals surface area contributed by atoms with Crippen LogP contribution in [0.15, 0.2) is 48.5 Å². The molecule has 0 fully saturated rings. The van der Waals surface area contributed by atoms with Gasteiger partial charge in [-0.1, -0.05) is 41.9 Å². The van der Waals surface area contributed by atoms with Crippen LogP contribution in [0.5, 0.6) is 0 Å². The molecule has 0 radical (unpaired) electrons. The molecule has 4 heteroatoms. The topological polar surface area (TPSA) is 20.7 Å². The highest BCUT2D eigenvalue weighted by Crippen LogP contribution is 2.19. The highest BCUT2D eigenvalue weighted by Gasteiger charge is 2.04. The number of hydrogen-bond acceptors (Lipinski definition) is 1. The van der Waals surface area contributed by atoms with Crippen molar-refractivity contribution < 1.29 is 0 Å². The van der Waals surface area contributed by atoms with Gasteiger partial charge in [-0.15, -0.1) is 0 Å². The standard InChI is InChI=1S/C16H15ClN2S/c17-13-8-9-15-14(11-13)18-16(20)19(15)10-4-7-12-5-2-1-3-6-12/h1-3,5-6,8-9,11H,4,7,10H2,(H,18,20). The third kappa shape index (κ3) is 2.79. The van der Waals surface area contributed by atoms with E-state index in [4.69, 9.17) is 23.8 Å². The van der Waals surface area contributed by atoms with Gasteiger partial charge < -0.3 is 9.55 Å². The fourth-order valence-electron chi connectivity index (χ4n) is 2.44. The van der Waals surface area contributed by atoms with Crippen LogP contribution < -0.4 is 0 Å². The van der Waals surface area contributed by atoms with Gasteiger partial charge in [-0.05, 0) is 48.8 Å². The fourth-order valence-corrected chi connectivity index (χ4v) is 2.92. The molecule has 0 unspecified atom stereocenters. The van der Waals surface area contributed by atoms with Crippen LogP contribution in [0.4, 0.5) is 0 Å². The van der Waals surface area contributed by atoms with Crippen LogP contribution in [0.1, 0.15) is 12.0 Å². The summed E-state index contributed by atoms with van der Waals surface area (Å²) in [5, 5.41) is 0.727. The molecule has 0 saturated heterocycles. The predicted molar refractivity (Wildman–Crippen MR) is 86.9 cm³/mol. The van der Waals surface area contributed by atoms with Gasteiger partial charge in [-0.2, -0.15) is 0 Å². The first kappa shape index (κ1) is 13.4. The first-order chi connectivity index (χ1) is 9.74. The van der Waals surface area contributed by atoms with Gasteiger partial charge in [-0.25, -0.2) is 0 Å². The number of imidazole rings is 1. The quantitative estimate of drug-likeness (QED) is 0.674. The summed E-state index contributed by atoms with van der Waals surface area (Å²) in [6, 6.07) is 16.4. The van der Waals surface area contributed by atoms with Crippen LogP contribution in [0.2, 0.25) is 5.02 Å². The summed E-state index contributed by atoms with van der Waals surface area (Å²) in [6.07, 6.45) is 2.12. The zero-order chi connectivity index (χ0) is 13.9. The van der Waals surface area contributed by atoms with Crippen molar-refractivity contribution in [1.82, 2.24) is 9.55 Å². The van der Waals surface area contributed by atoms with Gasteiger partial charge in [0.05, 0.1) is 11.0 Å². The van der Waals surface area contributed by atoms with Crippen molar-refractivity contribution in [3.05, 3.63) is 63.9 Å². The van der Waals surface area contributed by atoms with Gasteiger partial charge in [0, 0.05) is 11.6 Å². The van der Waals surface area contributed by atoms with Crippen LogP contribution in [0.25, 0.3) is 11.0 Å². The molecule has 20 heavy (non-hydrogen) atoms. The molecule has 2 nitrogen and oxygen atoms in total. The Morgan fingerprint density at radius 3 is 2.70 bits per heavy atom. The van der Waals surface area contributed by atoms with Crippen LogP contribution in [-0.2, 0) is 13.0 Å². The number of aromatic amines is 1. The van der Waals surface area contributed by atoms with Crippen LogP contribution in [-0.4, -0.2) is 9.55 Å². The molecule has 0 bridgehead atoms. The molecule has 0 atom stereocenters. The Hall–Kier alpha value is -1.58. The van der Waals surface area contributed by atoms with Gasteiger partial charge in [-0.3, -0.25) is 0 Å². The number of hydrogen-bond donors (Lipinski definition) is 1. The van der Waals surface area contributed by atoms with E-state index in [1.54, 1.807) is 0 Å². The normalized spacial score (nSPS) is 11.1. The van der Waals surface area contributed by atoms with Crippen LogP contribution in [0, 0.1) is 4.77 Å². The maximum atomic E-state index is 6.00. The average Bonchev–Trinajstić information content (AvgIpc) is 2.75. The second-order valence-electron chi connectivity index (χ2n) is 4.83. The van der Waals surface area contributed by atoms with E-state index in [2.05, 4.69) is 33.8 Å². The van der Waals surface area contributed by atoms with Crippen molar-refractivity contribution in [2.45, 2.75) is 19.4 Å². The van der Waals surface area contributed by atoms with Crippen molar-refractivity contribution >= 4 is 34.9 Å². The zero-order valence-corrected chi connectivity index (χ0v) is 12.5. The molecule has 1 heterocycles. The molecule has 3 rings (SSSR count). The average molecular weight is 303 g/mol. The van der Waals surface area contributed by atoms with Crippen molar-refractivity contribution in [3.8, 4) is 0 Å². The Labute approximate surface area is 128 Å². The Morgan fingerprint density at radius 2 is 1.90 bits per heavy atom. The third-order valence-corrected chi connectivity index (χ3v) is 3.98. The highest BCUT2D eigenvalue weighted by atomic mass is 35.5. The number of H-pyrrole nitrogens is 1. The maximum absolute atomic E-state index is 6.00. The minimum absolute atomic E-state index is 0.727. The molecule has 0 spiro atoms. The molecule has 0 aliphatic heterocycles. The van der Waals surface area contributed by atoms with Gasteiger partial charge in [0.1, 0.15) is 0 Å². The summed E-state index contributed by atoms with van der Waals surface area (Å²) >= 11 is 11.4. The molecule has 0 aliphatic rings. The molecular weight excluding hydrogens is 288 g/mol. The van der Waals surface area contributed by atoms with Crippen molar-refractivity contribution in [1.29, 1.82) is 0 Å². The summed E-state index contributed by atoms with van der Waals surface area (Å²) in [4.78, 5) is 3.21. The molecule has 2 aromatic carbocycles. The lowest BCUT2D eigenvalue weighted by Crippen LogP contribution is -1.99. The molecule has 102 valence electrons. The van der Waals surface area contributed by atoms with Crippen molar-refractivity contribution in [2.75, 3.05) is 0 Å². The van der Waals surface area contributed by atoms with Gasteiger partial charge in [0.2, 0.25) is 0 Å². The monoisotopic (exact) mass is 302 g/mol. The second kappa shape index (κ2) is 5.81. The van der Waals surface area contributed by atoms with E-state index in [1.807, 2.05) is 24.3 Å². The van der Waals surface area contributed by atoms with Gasteiger partial charge >= 0.3 is 0 Å². The maximum Gasteiger partial charge on any atom is 0.178 e. The fraction of sp³-hybridized carbons (Fsp3) is 0.188. The largest absolute Gasteiger partial charge is 0.331 e. The van der Waals surface area contributed by atoms with E-state index in [-0.39, 0.29) is 0 Å². The lowest BCUT2D eigenvalue weighted by Gasteiger charge is -2.05. The van der Waals surface area contributed by atoms with Crippen LogP contribution in [0.3, 0.4) is 0 Å². The van der Waals surface area contributed by atoms with Crippen molar-refractivity contribution in [3.63, 3.8) is 0 Å². The van der Waals surface area contributed by atoms with Gasteiger partial charge in [0.15, 0.2) is 4.77 Å². The summed E-state index contributed by atoms with van der Waals surface area (Å²) in [5.41, 5.74) is 3.48. The number of nitrogens with zero attached hydrogens (tertiary/aromatic N) is 1. The second-order valence-corrected chi connectivity index (χ2v) is 5.66. The number of fused-ring (bicyclic) bond motifs is 1. The Kier molecular flexibility index (Phi) is 3.90. The SMILES string of the molecule is S=c1[nH]c2cc(Cl)ccc2n1CCCc1ccccc1. The summed E-state index contributed by atoms with van der Waals surface area (Å²) in [5.74, 6) is 0. The Morgan fingerprint density at radius 1 is 1.10 bits per heavy atom. The minimum Gasteiger partial charge on any atom is -0.331 e. The van der Waals surface area contributed by atoms with Crippen molar-refractivity contribution in [2.24, 2.45) is 0 Å². The first-order valence-corrected chi connectivity index (χ1v) is 7.45.